The Morgan fingerprint density at radius 2 is 1.77 bits per heavy atom. The molecule has 9 heteroatoms. The third-order valence-electron chi connectivity index (χ3n) is 4.89. The first kappa shape index (κ1) is 20.3. The van der Waals surface area contributed by atoms with Crippen LogP contribution in [0.4, 0.5) is 5.69 Å². The Morgan fingerprint density at radius 3 is 2.42 bits per heavy atom. The molecular weight excluding hydrogens is 402 g/mol. The van der Waals surface area contributed by atoms with Gasteiger partial charge in [0.1, 0.15) is 17.5 Å². The van der Waals surface area contributed by atoms with Gasteiger partial charge >= 0.3 is 5.63 Å². The quantitative estimate of drug-likeness (QED) is 0.475. The van der Waals surface area contributed by atoms with Crippen LogP contribution in [0.25, 0.3) is 21.9 Å². The number of carbonyl (C=O) groups is 1. The number of nitrogens with one attached hydrogen (secondary N) is 1. The van der Waals surface area contributed by atoms with Crippen LogP contribution < -0.4 is 25.2 Å². The average Bonchev–Trinajstić information content (AvgIpc) is 3.18. The number of anilines is 1. The number of carbonyl (C=O) groups excluding carboxylic acids is 1. The zero-order valence-electron chi connectivity index (χ0n) is 17.5. The Kier molecular flexibility index (Phi) is 5.24. The van der Waals surface area contributed by atoms with Crippen molar-refractivity contribution in [3.05, 3.63) is 52.5 Å². The van der Waals surface area contributed by atoms with Gasteiger partial charge in [0, 0.05) is 23.2 Å². The highest BCUT2D eigenvalue weighted by molar-refractivity contribution is 6.03. The number of hydrogen-bond acceptors (Lipinski definition) is 7. The molecule has 4 rings (SSSR count). The molecule has 2 aromatic carbocycles. The van der Waals surface area contributed by atoms with E-state index in [1.54, 1.807) is 18.2 Å². The molecule has 1 N–H and O–H groups in total. The molecule has 0 aliphatic rings. The molecule has 9 nitrogen and oxygen atoms in total. The van der Waals surface area contributed by atoms with Crippen LogP contribution in [0.5, 0.6) is 17.2 Å². The number of aryl methyl sites for hydroxylation is 1. The fourth-order valence-corrected chi connectivity index (χ4v) is 3.50. The van der Waals surface area contributed by atoms with Gasteiger partial charge in [0.05, 0.1) is 33.0 Å². The summed E-state index contributed by atoms with van der Waals surface area (Å²) >= 11 is 0. The minimum Gasteiger partial charge on any atom is -0.493 e. The topological polar surface area (TPSA) is 105 Å². The van der Waals surface area contributed by atoms with Gasteiger partial charge in [0.2, 0.25) is 11.7 Å². The molecule has 160 valence electrons. The molecule has 31 heavy (non-hydrogen) atoms. The van der Waals surface area contributed by atoms with Gasteiger partial charge in [-0.05, 0) is 19.1 Å². The number of ether oxygens (including phenoxy) is 3. The maximum Gasteiger partial charge on any atom is 0.347 e. The highest BCUT2D eigenvalue weighted by Gasteiger charge is 2.17. The molecule has 0 unspecified atom stereocenters. The molecule has 1 amide bonds. The SMILES string of the molecule is COc1cc(NC(=O)Cn2ncc3c(=O)oc4ccc(C)cc4c32)cc(OC)c1OC. The van der Waals surface area contributed by atoms with E-state index < -0.39 is 5.63 Å². The van der Waals surface area contributed by atoms with Crippen molar-refractivity contribution < 1.29 is 23.4 Å². The predicted molar refractivity (Wildman–Crippen MR) is 115 cm³/mol. The molecule has 0 spiro atoms. The molecule has 0 atom stereocenters. The second-order valence-corrected chi connectivity index (χ2v) is 6.92. The van der Waals surface area contributed by atoms with Crippen LogP contribution in [-0.2, 0) is 11.3 Å². The van der Waals surface area contributed by atoms with Gasteiger partial charge in [-0.25, -0.2) is 4.79 Å². The Bertz CT molecular complexity index is 1330. The standard InChI is InChI=1S/C22H21N3O6/c1-12-5-6-16-14(7-12)20-15(22(27)31-16)10-23-25(20)11-19(26)24-13-8-17(28-2)21(30-4)18(9-13)29-3/h5-10H,11H2,1-4H3,(H,24,26). The second-order valence-electron chi connectivity index (χ2n) is 6.92. The maximum absolute atomic E-state index is 12.8. The van der Waals surface area contributed by atoms with Gasteiger partial charge in [-0.15, -0.1) is 0 Å². The molecule has 2 heterocycles. The van der Waals surface area contributed by atoms with Gasteiger partial charge in [0.15, 0.2) is 11.5 Å². The number of rotatable bonds is 6. The van der Waals surface area contributed by atoms with Crippen LogP contribution in [0.3, 0.4) is 0 Å². The molecule has 2 aromatic heterocycles. The van der Waals surface area contributed by atoms with Gasteiger partial charge < -0.3 is 23.9 Å². The number of benzene rings is 2. The van der Waals surface area contributed by atoms with Gasteiger partial charge in [0.25, 0.3) is 0 Å². The molecule has 0 saturated carbocycles. The summed E-state index contributed by atoms with van der Waals surface area (Å²) < 4.78 is 22.8. The third-order valence-corrected chi connectivity index (χ3v) is 4.89. The molecule has 0 radical (unpaired) electrons. The summed E-state index contributed by atoms with van der Waals surface area (Å²) in [4.78, 5) is 25.1. The van der Waals surface area contributed by atoms with E-state index in [1.807, 2.05) is 19.1 Å². The number of aromatic nitrogens is 2. The van der Waals surface area contributed by atoms with Crippen LogP contribution in [0.2, 0.25) is 0 Å². The average molecular weight is 423 g/mol. The van der Waals surface area contributed by atoms with E-state index >= 15 is 0 Å². The van der Waals surface area contributed by atoms with E-state index in [4.69, 9.17) is 18.6 Å². The summed E-state index contributed by atoms with van der Waals surface area (Å²) in [6.45, 7) is 1.83. The van der Waals surface area contributed by atoms with E-state index in [0.717, 1.165) is 5.56 Å². The van der Waals surface area contributed by atoms with Crippen molar-refractivity contribution in [2.75, 3.05) is 26.6 Å². The Labute approximate surface area is 177 Å². The first-order chi connectivity index (χ1) is 14.9. The number of amides is 1. The third kappa shape index (κ3) is 3.65. The largest absolute Gasteiger partial charge is 0.493 e. The zero-order valence-corrected chi connectivity index (χ0v) is 17.5. The van der Waals surface area contributed by atoms with Crippen LogP contribution in [-0.4, -0.2) is 37.0 Å². The van der Waals surface area contributed by atoms with Gasteiger partial charge in [-0.3, -0.25) is 9.48 Å². The van der Waals surface area contributed by atoms with Crippen molar-refractivity contribution in [1.29, 1.82) is 0 Å². The van der Waals surface area contributed by atoms with E-state index in [9.17, 15) is 9.59 Å². The summed E-state index contributed by atoms with van der Waals surface area (Å²) in [5.41, 5.74) is 1.96. The minimum absolute atomic E-state index is 0.105. The normalized spacial score (nSPS) is 11.0. The smallest absolute Gasteiger partial charge is 0.347 e. The van der Waals surface area contributed by atoms with Crippen molar-refractivity contribution in [3.8, 4) is 17.2 Å². The molecule has 0 fully saturated rings. The zero-order chi connectivity index (χ0) is 22.1. The molecule has 4 aromatic rings. The fraction of sp³-hybridized carbons (Fsp3) is 0.227. The molecule has 0 aliphatic heterocycles. The van der Waals surface area contributed by atoms with E-state index in [-0.39, 0.29) is 12.5 Å². The number of nitrogens with zero attached hydrogens (tertiary/aromatic N) is 2. The first-order valence-electron chi connectivity index (χ1n) is 9.44. The van der Waals surface area contributed by atoms with E-state index in [1.165, 1.54) is 32.2 Å². The highest BCUT2D eigenvalue weighted by Crippen LogP contribution is 2.39. The lowest BCUT2D eigenvalue weighted by atomic mass is 10.1. The monoisotopic (exact) mass is 423 g/mol. The van der Waals surface area contributed by atoms with Gasteiger partial charge in [-0.2, -0.15) is 5.10 Å². The first-order valence-corrected chi connectivity index (χ1v) is 9.44. The lowest BCUT2D eigenvalue weighted by Gasteiger charge is -2.14. The van der Waals surface area contributed by atoms with Crippen molar-refractivity contribution >= 4 is 33.5 Å². The lowest BCUT2D eigenvalue weighted by Crippen LogP contribution is -2.19. The Morgan fingerprint density at radius 1 is 1.06 bits per heavy atom. The van der Waals surface area contributed by atoms with Crippen molar-refractivity contribution in [1.82, 2.24) is 9.78 Å². The summed E-state index contributed by atoms with van der Waals surface area (Å²) in [6, 6.07) is 8.76. The summed E-state index contributed by atoms with van der Waals surface area (Å²) in [5, 5.41) is 8.08. The van der Waals surface area contributed by atoms with Crippen molar-refractivity contribution in [2.24, 2.45) is 0 Å². The highest BCUT2D eigenvalue weighted by atomic mass is 16.5. The van der Waals surface area contributed by atoms with E-state index in [0.29, 0.717) is 44.8 Å². The Balaban J connectivity index is 1.69. The predicted octanol–water partition coefficient (Wildman–Crippen LogP) is 3.12. The van der Waals surface area contributed by atoms with Crippen LogP contribution in [0.15, 0.2) is 45.7 Å². The number of hydrogen-bond donors (Lipinski definition) is 1. The maximum atomic E-state index is 12.8. The molecule has 0 saturated heterocycles. The van der Waals surface area contributed by atoms with Crippen molar-refractivity contribution in [3.63, 3.8) is 0 Å². The van der Waals surface area contributed by atoms with Crippen molar-refractivity contribution in [2.45, 2.75) is 13.5 Å². The second kappa shape index (κ2) is 8.02. The van der Waals surface area contributed by atoms with Crippen LogP contribution >= 0.6 is 0 Å². The fourth-order valence-electron chi connectivity index (χ4n) is 3.50. The summed E-state index contributed by atoms with van der Waals surface area (Å²) in [7, 11) is 4.50. The molecular formula is C22H21N3O6. The number of fused-ring (bicyclic) bond motifs is 3. The molecule has 0 bridgehead atoms. The summed E-state index contributed by atoms with van der Waals surface area (Å²) in [5.74, 6) is 0.921. The summed E-state index contributed by atoms with van der Waals surface area (Å²) in [6.07, 6.45) is 1.41. The van der Waals surface area contributed by atoms with Crippen LogP contribution in [0.1, 0.15) is 5.56 Å². The lowest BCUT2D eigenvalue weighted by molar-refractivity contribution is -0.116. The number of methoxy groups -OCH3 is 3. The van der Waals surface area contributed by atoms with Gasteiger partial charge in [-0.1, -0.05) is 11.6 Å². The van der Waals surface area contributed by atoms with Crippen LogP contribution in [0, 0.1) is 6.92 Å². The minimum atomic E-state index is -0.498. The van der Waals surface area contributed by atoms with E-state index in [2.05, 4.69) is 10.4 Å². The molecule has 0 aliphatic carbocycles. The Hall–Kier alpha value is -4.01.